The number of hydrogen-bond acceptors (Lipinski definition) is 5. The van der Waals surface area contributed by atoms with Gasteiger partial charge in [-0.15, -0.1) is 0 Å². The molecule has 2 aromatic heterocycles. The summed E-state index contributed by atoms with van der Waals surface area (Å²) < 4.78 is 15.5. The van der Waals surface area contributed by atoms with Gasteiger partial charge in [0.05, 0.1) is 6.20 Å². The van der Waals surface area contributed by atoms with Gasteiger partial charge in [0.1, 0.15) is 23.6 Å². The zero-order valence-corrected chi connectivity index (χ0v) is 15.6. The van der Waals surface area contributed by atoms with Crippen molar-refractivity contribution in [3.63, 3.8) is 0 Å². The van der Waals surface area contributed by atoms with Crippen LogP contribution in [0.1, 0.15) is 16.8 Å². The lowest BCUT2D eigenvalue weighted by Crippen LogP contribution is -2.46. The van der Waals surface area contributed by atoms with E-state index < -0.39 is 0 Å². The number of aryl methyl sites for hydroxylation is 1. The van der Waals surface area contributed by atoms with Crippen molar-refractivity contribution in [2.45, 2.75) is 20.4 Å². The highest BCUT2D eigenvalue weighted by Gasteiger charge is 2.20. The summed E-state index contributed by atoms with van der Waals surface area (Å²) in [6.45, 7) is 8.67. The predicted octanol–water partition coefficient (Wildman–Crippen LogP) is 2.74. The number of benzene rings is 1. The van der Waals surface area contributed by atoms with E-state index in [1.165, 1.54) is 6.07 Å². The smallest absolute Gasteiger partial charge is 0.148 e. The molecule has 1 aromatic carbocycles. The highest BCUT2D eigenvalue weighted by Crippen LogP contribution is 2.20. The van der Waals surface area contributed by atoms with Crippen LogP contribution in [0.2, 0.25) is 0 Å². The Kier molecular flexibility index (Phi) is 4.85. The van der Waals surface area contributed by atoms with Crippen LogP contribution in [-0.4, -0.2) is 50.8 Å². The molecule has 0 amide bonds. The molecule has 3 heterocycles. The van der Waals surface area contributed by atoms with E-state index in [1.807, 2.05) is 25.4 Å². The molecule has 0 saturated carbocycles. The maximum atomic E-state index is 13.9. The molecule has 0 aliphatic carbocycles. The van der Waals surface area contributed by atoms with Gasteiger partial charge < -0.3 is 4.90 Å². The Labute approximate surface area is 158 Å². The number of piperazine rings is 1. The molecule has 6 nitrogen and oxygen atoms in total. The fraction of sp³-hybridized carbons (Fsp3) is 0.350. The second kappa shape index (κ2) is 7.44. The van der Waals surface area contributed by atoms with Crippen LogP contribution >= 0.6 is 0 Å². The monoisotopic (exact) mass is 366 g/mol. The van der Waals surface area contributed by atoms with E-state index in [2.05, 4.69) is 31.8 Å². The molecule has 0 N–H and O–H groups in total. The van der Waals surface area contributed by atoms with Crippen LogP contribution in [0.25, 0.3) is 5.69 Å². The summed E-state index contributed by atoms with van der Waals surface area (Å²) >= 11 is 0. The Morgan fingerprint density at radius 1 is 1.04 bits per heavy atom. The number of anilines is 1. The van der Waals surface area contributed by atoms with Crippen molar-refractivity contribution < 1.29 is 4.39 Å². The number of para-hydroxylation sites is 1. The minimum Gasteiger partial charge on any atom is -0.354 e. The van der Waals surface area contributed by atoms with E-state index >= 15 is 0 Å². The van der Waals surface area contributed by atoms with Crippen LogP contribution < -0.4 is 4.90 Å². The lowest BCUT2D eigenvalue weighted by atomic mass is 10.2. The van der Waals surface area contributed by atoms with Gasteiger partial charge in [0.25, 0.3) is 0 Å². The van der Waals surface area contributed by atoms with E-state index in [-0.39, 0.29) is 5.82 Å². The third kappa shape index (κ3) is 3.68. The molecular weight excluding hydrogens is 343 g/mol. The maximum absolute atomic E-state index is 13.9. The summed E-state index contributed by atoms with van der Waals surface area (Å²) in [4.78, 5) is 13.4. The molecule has 1 fully saturated rings. The van der Waals surface area contributed by atoms with Gasteiger partial charge in [-0.3, -0.25) is 4.90 Å². The minimum atomic E-state index is -0.267. The minimum absolute atomic E-state index is 0.267. The summed E-state index contributed by atoms with van der Waals surface area (Å²) in [6.07, 6.45) is 5.36. The van der Waals surface area contributed by atoms with Gasteiger partial charge >= 0.3 is 0 Å². The molecule has 4 rings (SSSR count). The Bertz CT molecular complexity index is 930. The first-order valence-electron chi connectivity index (χ1n) is 9.16. The van der Waals surface area contributed by atoms with Crippen LogP contribution in [0.5, 0.6) is 0 Å². The zero-order valence-electron chi connectivity index (χ0n) is 15.6. The fourth-order valence-electron chi connectivity index (χ4n) is 3.43. The SMILES string of the molecule is Cc1ncnc(N2CCN(Cc3cnn(-c4ccccc4F)c3)CC2)c1C. The molecule has 0 unspecified atom stereocenters. The van der Waals surface area contributed by atoms with Gasteiger partial charge in [0.15, 0.2) is 0 Å². The number of rotatable bonds is 4. The predicted molar refractivity (Wildman–Crippen MR) is 103 cm³/mol. The van der Waals surface area contributed by atoms with Gasteiger partial charge in [-0.25, -0.2) is 19.0 Å². The van der Waals surface area contributed by atoms with E-state index in [4.69, 9.17) is 0 Å². The highest BCUT2D eigenvalue weighted by atomic mass is 19.1. The molecule has 0 spiro atoms. The molecule has 7 heteroatoms. The highest BCUT2D eigenvalue weighted by molar-refractivity contribution is 5.47. The standard InChI is InChI=1S/C20H23FN6/c1-15-16(2)22-14-23-20(15)26-9-7-25(8-10-26)12-17-11-24-27(13-17)19-6-4-3-5-18(19)21/h3-6,11,13-14H,7-10,12H2,1-2H3. The summed E-state index contributed by atoms with van der Waals surface area (Å²) in [6, 6.07) is 6.68. The normalized spacial score (nSPS) is 15.3. The number of aromatic nitrogens is 4. The Hall–Kier alpha value is -2.80. The number of hydrogen-bond donors (Lipinski definition) is 0. The molecule has 140 valence electrons. The summed E-state index contributed by atoms with van der Waals surface area (Å²) in [5, 5.41) is 4.32. The van der Waals surface area contributed by atoms with Gasteiger partial charge in [-0.2, -0.15) is 5.10 Å². The molecule has 0 radical (unpaired) electrons. The number of halogens is 1. The van der Waals surface area contributed by atoms with Crippen molar-refractivity contribution in [3.05, 3.63) is 65.6 Å². The molecule has 0 bridgehead atoms. The molecular formula is C20H23FN6. The first-order valence-corrected chi connectivity index (χ1v) is 9.16. The Morgan fingerprint density at radius 2 is 1.81 bits per heavy atom. The average Bonchev–Trinajstić information content (AvgIpc) is 3.13. The number of nitrogens with zero attached hydrogens (tertiary/aromatic N) is 6. The second-order valence-corrected chi connectivity index (χ2v) is 6.92. The molecule has 1 aliphatic heterocycles. The first-order chi connectivity index (χ1) is 13.1. The van der Waals surface area contributed by atoms with Crippen molar-refractivity contribution in [3.8, 4) is 5.69 Å². The summed E-state index contributed by atoms with van der Waals surface area (Å²) in [7, 11) is 0. The third-order valence-corrected chi connectivity index (χ3v) is 5.12. The van der Waals surface area contributed by atoms with Crippen LogP contribution in [0.15, 0.2) is 43.0 Å². The largest absolute Gasteiger partial charge is 0.354 e. The van der Waals surface area contributed by atoms with Gasteiger partial charge in [-0.1, -0.05) is 12.1 Å². The molecule has 3 aromatic rings. The van der Waals surface area contributed by atoms with E-state index in [1.54, 1.807) is 23.1 Å². The van der Waals surface area contributed by atoms with Crippen molar-refractivity contribution in [1.29, 1.82) is 0 Å². The molecule has 0 atom stereocenters. The van der Waals surface area contributed by atoms with Crippen LogP contribution in [-0.2, 0) is 6.54 Å². The average molecular weight is 366 g/mol. The van der Waals surface area contributed by atoms with Crippen LogP contribution in [0, 0.1) is 19.7 Å². The summed E-state index contributed by atoms with van der Waals surface area (Å²) in [5.41, 5.74) is 3.74. The second-order valence-electron chi connectivity index (χ2n) is 6.92. The van der Waals surface area contributed by atoms with E-state index in [0.717, 1.165) is 55.4 Å². The maximum Gasteiger partial charge on any atom is 0.148 e. The van der Waals surface area contributed by atoms with Crippen LogP contribution in [0.3, 0.4) is 0 Å². The van der Waals surface area contributed by atoms with Crippen molar-refractivity contribution >= 4 is 5.82 Å². The topological polar surface area (TPSA) is 50.1 Å². The lowest BCUT2D eigenvalue weighted by molar-refractivity contribution is 0.249. The van der Waals surface area contributed by atoms with Crippen molar-refractivity contribution in [2.75, 3.05) is 31.1 Å². The molecule has 1 aliphatic rings. The van der Waals surface area contributed by atoms with Crippen molar-refractivity contribution in [2.24, 2.45) is 0 Å². The first kappa shape index (κ1) is 17.6. The summed E-state index contributed by atoms with van der Waals surface area (Å²) in [5.74, 6) is 0.769. The van der Waals surface area contributed by atoms with Crippen LogP contribution in [0.4, 0.5) is 10.2 Å². The molecule has 1 saturated heterocycles. The Morgan fingerprint density at radius 3 is 2.59 bits per heavy atom. The zero-order chi connectivity index (χ0) is 18.8. The van der Waals surface area contributed by atoms with E-state index in [9.17, 15) is 4.39 Å². The van der Waals surface area contributed by atoms with Gasteiger partial charge in [0.2, 0.25) is 0 Å². The third-order valence-electron chi connectivity index (χ3n) is 5.12. The van der Waals surface area contributed by atoms with Gasteiger partial charge in [0, 0.05) is 55.7 Å². The van der Waals surface area contributed by atoms with Gasteiger partial charge in [-0.05, 0) is 26.0 Å². The lowest BCUT2D eigenvalue weighted by Gasteiger charge is -2.35. The fourth-order valence-corrected chi connectivity index (χ4v) is 3.43. The Balaban J connectivity index is 1.39. The quantitative estimate of drug-likeness (QED) is 0.711. The van der Waals surface area contributed by atoms with E-state index in [0.29, 0.717) is 5.69 Å². The van der Waals surface area contributed by atoms with Crippen molar-refractivity contribution in [1.82, 2.24) is 24.6 Å². The molecule has 27 heavy (non-hydrogen) atoms.